The van der Waals surface area contributed by atoms with Crippen molar-refractivity contribution in [2.24, 2.45) is 56.2 Å². The summed E-state index contributed by atoms with van der Waals surface area (Å²) >= 11 is 0. The van der Waals surface area contributed by atoms with Gasteiger partial charge in [0.05, 0.1) is 0 Å². The normalized spacial score (nSPS) is 51.7. The van der Waals surface area contributed by atoms with Gasteiger partial charge in [-0.2, -0.15) is 0 Å². The molecule has 6 rings (SSSR count). The molecule has 4 nitrogen and oxygen atoms in total. The van der Waals surface area contributed by atoms with E-state index in [9.17, 15) is 9.59 Å². The molecule has 0 aromatic carbocycles. The Morgan fingerprint density at radius 3 is 2.18 bits per heavy atom. The predicted octanol–water partition coefficient (Wildman–Crippen LogP) is 8.28. The Hall–Kier alpha value is -1.32. The van der Waals surface area contributed by atoms with Crippen LogP contribution in [0.3, 0.4) is 0 Å². The number of fused-ring (bicyclic) bond motifs is 6. The van der Waals surface area contributed by atoms with Crippen LogP contribution in [-0.2, 0) is 19.1 Å². The average Bonchev–Trinajstić information content (AvgIpc) is 3.16. The Morgan fingerprint density at radius 1 is 0.846 bits per heavy atom. The smallest absolute Gasteiger partial charge is 0.302 e. The van der Waals surface area contributed by atoms with E-state index in [0.29, 0.717) is 35.7 Å². The van der Waals surface area contributed by atoms with E-state index >= 15 is 0 Å². The fourth-order valence-corrected chi connectivity index (χ4v) is 13.3. The summed E-state index contributed by atoms with van der Waals surface area (Å²) in [4.78, 5) is 24.0. The molecule has 5 saturated carbocycles. The van der Waals surface area contributed by atoms with Crippen molar-refractivity contribution in [1.82, 2.24) is 0 Å². The molecule has 6 aliphatic carbocycles. The summed E-state index contributed by atoms with van der Waals surface area (Å²) in [6.07, 6.45) is 12.1. The van der Waals surface area contributed by atoms with Gasteiger partial charge in [-0.15, -0.1) is 0 Å². The van der Waals surface area contributed by atoms with Crippen LogP contribution in [-0.4, -0.2) is 24.6 Å². The summed E-state index contributed by atoms with van der Waals surface area (Å²) in [6, 6.07) is 0. The average molecular weight is 539 g/mol. The first kappa shape index (κ1) is 27.8. The van der Waals surface area contributed by atoms with Crippen LogP contribution in [0, 0.1) is 56.2 Å². The van der Waals surface area contributed by atoms with E-state index in [-0.39, 0.29) is 45.1 Å². The number of hydrogen-bond donors (Lipinski definition) is 0. The lowest BCUT2D eigenvalue weighted by Crippen LogP contribution is -2.64. The van der Waals surface area contributed by atoms with Gasteiger partial charge in [-0.05, 0) is 110 Å². The predicted molar refractivity (Wildman–Crippen MR) is 154 cm³/mol. The molecular formula is C35H54O4. The third-order valence-electron chi connectivity index (χ3n) is 15.3. The maximum atomic E-state index is 12.1. The zero-order valence-electron chi connectivity index (χ0n) is 26.3. The summed E-state index contributed by atoms with van der Waals surface area (Å²) in [5.41, 5.74) is 4.70. The van der Waals surface area contributed by atoms with Crippen molar-refractivity contribution in [3.8, 4) is 0 Å². The summed E-state index contributed by atoms with van der Waals surface area (Å²) in [5, 5.41) is 0. The van der Waals surface area contributed by atoms with Gasteiger partial charge in [0.25, 0.3) is 0 Å². The number of hydrogen-bond acceptors (Lipinski definition) is 4. The van der Waals surface area contributed by atoms with Crippen LogP contribution in [0.1, 0.15) is 127 Å². The van der Waals surface area contributed by atoms with Gasteiger partial charge >= 0.3 is 11.9 Å². The lowest BCUT2D eigenvalue weighted by Gasteiger charge is -2.71. The van der Waals surface area contributed by atoms with Gasteiger partial charge < -0.3 is 9.47 Å². The second kappa shape index (κ2) is 8.37. The first-order valence-corrected chi connectivity index (χ1v) is 16.2. The molecule has 1 unspecified atom stereocenters. The fraction of sp³-hybridized carbons (Fsp3) is 0.886. The minimum absolute atomic E-state index is 0.0596. The van der Waals surface area contributed by atoms with Gasteiger partial charge in [-0.3, -0.25) is 9.59 Å². The van der Waals surface area contributed by atoms with Crippen molar-refractivity contribution >= 4 is 11.9 Å². The van der Waals surface area contributed by atoms with Crippen LogP contribution in [0.4, 0.5) is 0 Å². The first-order chi connectivity index (χ1) is 18.1. The molecule has 0 aliphatic heterocycles. The highest BCUT2D eigenvalue weighted by Gasteiger charge is 2.86. The van der Waals surface area contributed by atoms with Crippen molar-refractivity contribution in [2.75, 3.05) is 6.61 Å². The zero-order valence-corrected chi connectivity index (χ0v) is 26.3. The lowest BCUT2D eigenvalue weighted by molar-refractivity contribution is -0.219. The van der Waals surface area contributed by atoms with Crippen LogP contribution in [0.2, 0.25) is 0 Å². The summed E-state index contributed by atoms with van der Waals surface area (Å²) in [6.45, 7) is 21.4. The summed E-state index contributed by atoms with van der Waals surface area (Å²) in [5.74, 6) is 2.21. The highest BCUT2D eigenvalue weighted by Crippen LogP contribution is 2.89. The minimum atomic E-state index is -0.137. The summed E-state index contributed by atoms with van der Waals surface area (Å²) < 4.78 is 11.8. The van der Waals surface area contributed by atoms with Crippen LogP contribution in [0.25, 0.3) is 0 Å². The maximum absolute atomic E-state index is 12.1. The van der Waals surface area contributed by atoms with E-state index in [2.05, 4.69) is 48.5 Å². The Kier molecular flexibility index (Phi) is 5.97. The molecule has 5 fully saturated rings. The number of rotatable bonds is 4. The number of allylic oxidation sites excluding steroid dienone is 1. The van der Waals surface area contributed by atoms with E-state index in [0.717, 1.165) is 19.3 Å². The molecule has 0 aromatic rings. The molecule has 0 N–H and O–H groups in total. The number of esters is 2. The summed E-state index contributed by atoms with van der Waals surface area (Å²) in [7, 11) is 0. The molecule has 0 bridgehead atoms. The number of carbonyl (C=O) groups excluding carboxylic acids is 2. The van der Waals surface area contributed by atoms with Crippen molar-refractivity contribution in [1.29, 1.82) is 0 Å². The lowest BCUT2D eigenvalue weighted by atomic mass is 9.33. The van der Waals surface area contributed by atoms with Gasteiger partial charge in [-0.25, -0.2) is 0 Å². The monoisotopic (exact) mass is 538 g/mol. The minimum Gasteiger partial charge on any atom is -0.465 e. The molecule has 4 heteroatoms. The topological polar surface area (TPSA) is 52.6 Å². The van der Waals surface area contributed by atoms with Gasteiger partial charge in [0.1, 0.15) is 12.7 Å². The van der Waals surface area contributed by atoms with Crippen LogP contribution in [0.15, 0.2) is 11.1 Å². The van der Waals surface area contributed by atoms with E-state index in [1.807, 2.05) is 0 Å². The molecule has 10 atom stereocenters. The second-order valence-electron chi connectivity index (χ2n) is 16.2. The van der Waals surface area contributed by atoms with Crippen molar-refractivity contribution < 1.29 is 19.1 Å². The first-order valence-electron chi connectivity index (χ1n) is 16.2. The largest absolute Gasteiger partial charge is 0.465 e. The molecule has 6 aliphatic rings. The molecule has 1 spiro atoms. The number of ether oxygens (including phenoxy) is 2. The maximum Gasteiger partial charge on any atom is 0.302 e. The molecule has 0 saturated heterocycles. The van der Waals surface area contributed by atoms with Crippen LogP contribution in [0.5, 0.6) is 0 Å². The molecule has 0 heterocycles. The zero-order chi connectivity index (χ0) is 28.4. The van der Waals surface area contributed by atoms with Crippen LogP contribution >= 0.6 is 0 Å². The van der Waals surface area contributed by atoms with E-state index in [1.54, 1.807) is 25.0 Å². The van der Waals surface area contributed by atoms with Gasteiger partial charge in [0, 0.05) is 24.7 Å². The highest BCUT2D eigenvalue weighted by molar-refractivity contribution is 5.66. The standard InChI is InChI=1S/C35H54O4/c1-21(2)25-12-15-34(20-38-23(4)36)18-16-30(6)26(29(25)34)10-11-27-31(30,7)17-19-35-22(3)33(35,9)28(39-24(5)37)13-14-32(27,35)8/h21-22,26-28H,10-20H2,1-9H3/t22?,26-,27+,28+,30-,31-,32-,33-,34-,35+/m1/s1. The van der Waals surface area contributed by atoms with Crippen LogP contribution < -0.4 is 0 Å². The molecule has 218 valence electrons. The molecule has 0 amide bonds. The fourth-order valence-electron chi connectivity index (χ4n) is 13.3. The third kappa shape index (κ3) is 3.13. The second-order valence-corrected chi connectivity index (χ2v) is 16.2. The molecule has 39 heavy (non-hydrogen) atoms. The third-order valence-corrected chi connectivity index (χ3v) is 15.3. The van der Waals surface area contributed by atoms with Crippen molar-refractivity contribution in [3.05, 3.63) is 11.1 Å². The van der Waals surface area contributed by atoms with Crippen molar-refractivity contribution in [3.63, 3.8) is 0 Å². The molecule has 0 radical (unpaired) electrons. The number of carbonyl (C=O) groups is 2. The van der Waals surface area contributed by atoms with E-state index < -0.39 is 0 Å². The van der Waals surface area contributed by atoms with Crippen molar-refractivity contribution in [2.45, 2.75) is 133 Å². The van der Waals surface area contributed by atoms with E-state index in [4.69, 9.17) is 9.47 Å². The van der Waals surface area contributed by atoms with Gasteiger partial charge in [0.2, 0.25) is 0 Å². The molecular weight excluding hydrogens is 484 g/mol. The van der Waals surface area contributed by atoms with E-state index in [1.165, 1.54) is 44.9 Å². The molecule has 0 aromatic heterocycles. The quantitative estimate of drug-likeness (QED) is 0.267. The SMILES string of the molecule is CC(=O)OC[C@]12CCC(C(C)C)=C1[C@H]1CC[C@@H]3[C@@]4(C)CC[C@H](OC(C)=O)[C@@]5(C)C(C)[C@@]45CC[C@@]3(C)[C@]1(C)CC2. The highest BCUT2D eigenvalue weighted by atomic mass is 16.5. The Balaban J connectivity index is 1.39. The Labute approximate surface area is 237 Å². The Bertz CT molecular complexity index is 1120. The van der Waals surface area contributed by atoms with Gasteiger partial charge in [0.15, 0.2) is 0 Å². The Morgan fingerprint density at radius 2 is 1.54 bits per heavy atom. The van der Waals surface area contributed by atoms with Gasteiger partial charge in [-0.1, -0.05) is 59.6 Å².